The number of halogens is 4. The highest BCUT2D eigenvalue weighted by Gasteiger charge is 2.48. The van der Waals surface area contributed by atoms with Crippen LogP contribution < -0.4 is 4.90 Å². The topological polar surface area (TPSA) is 58.6 Å². The molecule has 2 aromatic rings. The Hall–Kier alpha value is -1.38. The number of fused-ring (bicyclic) bond motifs is 1. The van der Waals surface area contributed by atoms with Gasteiger partial charge in [-0.1, -0.05) is 11.6 Å². The Morgan fingerprint density at radius 1 is 1.23 bits per heavy atom. The number of hydrogen-bond acceptors (Lipinski definition) is 5. The standard InChI is InChI=1S/C20H22BrCl2FN4O2/c1-19(2,3)30-18(29)28-9-20(10-28)4-6-27(7-5-20)16-11-8-12(22)13(21)14(24)15(11)25-17(23)26-16/h8H,4-7,9-10H2,1-3H3. The normalized spacial score (nSPS) is 18.6. The molecule has 3 heterocycles. The van der Waals surface area contributed by atoms with Gasteiger partial charge in [0.1, 0.15) is 16.9 Å². The summed E-state index contributed by atoms with van der Waals surface area (Å²) in [6.45, 7) is 8.42. The zero-order valence-electron chi connectivity index (χ0n) is 16.9. The Morgan fingerprint density at radius 3 is 2.47 bits per heavy atom. The van der Waals surface area contributed by atoms with Crippen LogP contribution in [0.15, 0.2) is 10.5 Å². The second kappa shape index (κ2) is 7.64. The van der Waals surface area contributed by atoms with E-state index in [2.05, 4.69) is 30.8 Å². The summed E-state index contributed by atoms with van der Waals surface area (Å²) in [5.74, 6) is 0.0278. The lowest BCUT2D eigenvalue weighted by Crippen LogP contribution is -2.62. The first-order chi connectivity index (χ1) is 14.0. The third-order valence-electron chi connectivity index (χ3n) is 5.61. The minimum absolute atomic E-state index is 0.00865. The Kier molecular flexibility index (Phi) is 5.56. The second-order valence-corrected chi connectivity index (χ2v) is 10.6. The van der Waals surface area contributed by atoms with Gasteiger partial charge in [-0.25, -0.2) is 14.2 Å². The number of ether oxygens (including phenoxy) is 1. The number of hydrogen-bond donors (Lipinski definition) is 0. The van der Waals surface area contributed by atoms with E-state index in [-0.39, 0.29) is 31.8 Å². The molecule has 6 nitrogen and oxygen atoms in total. The van der Waals surface area contributed by atoms with Crippen molar-refractivity contribution in [2.75, 3.05) is 31.1 Å². The summed E-state index contributed by atoms with van der Waals surface area (Å²) in [6, 6.07) is 1.66. The van der Waals surface area contributed by atoms with Gasteiger partial charge in [0.15, 0.2) is 5.82 Å². The van der Waals surface area contributed by atoms with E-state index in [1.165, 1.54) is 0 Å². The van der Waals surface area contributed by atoms with Gasteiger partial charge in [-0.2, -0.15) is 4.98 Å². The summed E-state index contributed by atoms with van der Waals surface area (Å²) in [5, 5.41) is 0.781. The molecule has 2 fully saturated rings. The zero-order chi connectivity index (χ0) is 21.8. The van der Waals surface area contributed by atoms with Crippen molar-refractivity contribution in [3.05, 3.63) is 26.7 Å². The van der Waals surface area contributed by atoms with Crippen molar-refractivity contribution in [1.29, 1.82) is 0 Å². The average molecular weight is 520 g/mol. The van der Waals surface area contributed by atoms with Crippen LogP contribution in [-0.2, 0) is 4.74 Å². The van der Waals surface area contributed by atoms with Gasteiger partial charge in [0.05, 0.1) is 9.50 Å². The van der Waals surface area contributed by atoms with Gasteiger partial charge in [-0.3, -0.25) is 0 Å². The first kappa shape index (κ1) is 21.8. The number of benzene rings is 1. The molecule has 10 heteroatoms. The number of carbonyl (C=O) groups excluding carboxylic acids is 1. The monoisotopic (exact) mass is 518 g/mol. The predicted molar refractivity (Wildman–Crippen MR) is 119 cm³/mol. The molecule has 2 aliphatic heterocycles. The van der Waals surface area contributed by atoms with Crippen molar-refractivity contribution in [3.8, 4) is 0 Å². The molecule has 162 valence electrons. The Morgan fingerprint density at radius 2 is 1.87 bits per heavy atom. The van der Waals surface area contributed by atoms with Crippen LogP contribution in [0.4, 0.5) is 15.0 Å². The number of nitrogens with zero attached hydrogens (tertiary/aromatic N) is 4. The lowest BCUT2D eigenvalue weighted by Gasteiger charge is -2.53. The van der Waals surface area contributed by atoms with E-state index in [0.717, 1.165) is 25.9 Å². The van der Waals surface area contributed by atoms with E-state index in [9.17, 15) is 9.18 Å². The molecule has 2 saturated heterocycles. The van der Waals surface area contributed by atoms with Crippen LogP contribution in [0.5, 0.6) is 0 Å². The average Bonchev–Trinajstić information content (AvgIpc) is 2.63. The minimum atomic E-state index is -0.552. The molecule has 0 bridgehead atoms. The number of amides is 1. The lowest BCUT2D eigenvalue weighted by atomic mass is 9.72. The molecule has 30 heavy (non-hydrogen) atoms. The molecule has 0 atom stereocenters. The molecular formula is C20H22BrCl2FN4O2. The maximum atomic E-state index is 14.7. The Bertz CT molecular complexity index is 1010. The van der Waals surface area contributed by atoms with Crippen LogP contribution in [-0.4, -0.2) is 52.7 Å². The highest BCUT2D eigenvalue weighted by molar-refractivity contribution is 9.10. The minimum Gasteiger partial charge on any atom is -0.444 e. The van der Waals surface area contributed by atoms with Gasteiger partial charge < -0.3 is 14.5 Å². The summed E-state index contributed by atoms with van der Waals surface area (Å²) in [5.41, 5.74) is -0.269. The number of piperidine rings is 1. The van der Waals surface area contributed by atoms with E-state index >= 15 is 0 Å². The van der Waals surface area contributed by atoms with E-state index in [1.807, 2.05) is 20.8 Å². The van der Waals surface area contributed by atoms with Gasteiger partial charge in [-0.15, -0.1) is 0 Å². The lowest BCUT2D eigenvalue weighted by molar-refractivity contribution is -0.0434. The third-order valence-corrected chi connectivity index (χ3v) is 7.08. The molecule has 2 aliphatic rings. The summed E-state index contributed by atoms with van der Waals surface area (Å²) in [4.78, 5) is 24.5. The molecule has 1 aromatic heterocycles. The van der Waals surface area contributed by atoms with Crippen molar-refractivity contribution in [2.24, 2.45) is 5.41 Å². The summed E-state index contributed by atoms with van der Waals surface area (Å²) < 4.78 is 20.3. The summed E-state index contributed by atoms with van der Waals surface area (Å²) in [6.07, 6.45) is 1.52. The van der Waals surface area contributed by atoms with Gasteiger partial charge in [-0.05, 0) is 67.2 Å². The quantitative estimate of drug-likeness (QED) is 0.358. The molecule has 0 N–H and O–H groups in total. The van der Waals surface area contributed by atoms with Crippen LogP contribution in [0, 0.1) is 11.2 Å². The van der Waals surface area contributed by atoms with Gasteiger partial charge in [0.2, 0.25) is 5.28 Å². The maximum Gasteiger partial charge on any atom is 0.410 e. The summed E-state index contributed by atoms with van der Waals surface area (Å²) in [7, 11) is 0. The molecule has 1 aromatic carbocycles. The zero-order valence-corrected chi connectivity index (χ0v) is 20.0. The van der Waals surface area contributed by atoms with Gasteiger partial charge >= 0.3 is 6.09 Å². The van der Waals surface area contributed by atoms with E-state index in [0.29, 0.717) is 24.3 Å². The number of likely N-dealkylation sites (tertiary alicyclic amines) is 1. The van der Waals surface area contributed by atoms with Crippen molar-refractivity contribution in [1.82, 2.24) is 14.9 Å². The van der Waals surface area contributed by atoms with E-state index < -0.39 is 11.4 Å². The Balaban J connectivity index is 1.49. The molecule has 4 rings (SSSR count). The predicted octanol–water partition coefficient (Wildman–Crippen LogP) is 5.68. The highest BCUT2D eigenvalue weighted by atomic mass is 79.9. The number of rotatable bonds is 1. The van der Waals surface area contributed by atoms with Crippen molar-refractivity contribution < 1.29 is 13.9 Å². The molecule has 0 radical (unpaired) electrons. The third kappa shape index (κ3) is 4.06. The number of anilines is 1. The summed E-state index contributed by atoms with van der Waals surface area (Å²) >= 11 is 15.4. The fourth-order valence-corrected chi connectivity index (χ4v) is 4.76. The molecule has 0 aliphatic carbocycles. The van der Waals surface area contributed by atoms with E-state index in [4.69, 9.17) is 27.9 Å². The van der Waals surface area contributed by atoms with Crippen molar-refractivity contribution >= 4 is 61.9 Å². The fourth-order valence-electron chi connectivity index (χ4n) is 4.10. The van der Waals surface area contributed by atoms with Crippen molar-refractivity contribution in [3.63, 3.8) is 0 Å². The highest BCUT2D eigenvalue weighted by Crippen LogP contribution is 2.43. The van der Waals surface area contributed by atoms with Crippen molar-refractivity contribution in [2.45, 2.75) is 39.2 Å². The van der Waals surface area contributed by atoms with E-state index in [1.54, 1.807) is 11.0 Å². The maximum absolute atomic E-state index is 14.7. The largest absolute Gasteiger partial charge is 0.444 e. The van der Waals surface area contributed by atoms with Crippen LogP contribution in [0.1, 0.15) is 33.6 Å². The second-order valence-electron chi connectivity index (χ2n) is 9.02. The van der Waals surface area contributed by atoms with Crippen LogP contribution in [0.25, 0.3) is 10.9 Å². The van der Waals surface area contributed by atoms with Crippen LogP contribution in [0.3, 0.4) is 0 Å². The molecule has 1 spiro atoms. The molecule has 0 unspecified atom stereocenters. The van der Waals surface area contributed by atoms with Crippen LogP contribution >= 0.6 is 39.1 Å². The smallest absolute Gasteiger partial charge is 0.410 e. The fraction of sp³-hybridized carbons (Fsp3) is 0.550. The van der Waals surface area contributed by atoms with Gasteiger partial charge in [0.25, 0.3) is 0 Å². The molecular weight excluding hydrogens is 498 g/mol. The Labute approximate surface area is 192 Å². The number of carbonyl (C=O) groups is 1. The first-order valence-electron chi connectivity index (χ1n) is 9.72. The molecule has 1 amide bonds. The van der Waals surface area contributed by atoms with Crippen LogP contribution in [0.2, 0.25) is 10.3 Å². The molecule has 0 saturated carbocycles. The van der Waals surface area contributed by atoms with Gasteiger partial charge in [0, 0.05) is 37.0 Å². The SMILES string of the molecule is CC(C)(C)OC(=O)N1CC2(CCN(c3nc(Cl)nc4c(F)c(Br)c(Cl)cc34)CC2)C1. The first-order valence-corrected chi connectivity index (χ1v) is 11.3. The number of aromatic nitrogens is 2.